The lowest BCUT2D eigenvalue weighted by Crippen LogP contribution is -2.36. The molecule has 2 aromatic heterocycles. The van der Waals surface area contributed by atoms with E-state index in [1.54, 1.807) is 24.9 Å². The van der Waals surface area contributed by atoms with Crippen molar-refractivity contribution in [2.24, 2.45) is 0 Å². The Hall–Kier alpha value is -1.86. The van der Waals surface area contributed by atoms with Gasteiger partial charge in [-0.25, -0.2) is 9.97 Å². The second kappa shape index (κ2) is 6.33. The van der Waals surface area contributed by atoms with Gasteiger partial charge in [-0.2, -0.15) is 11.8 Å². The quantitative estimate of drug-likeness (QED) is 0.790. The molecule has 2 aromatic rings. The maximum absolute atomic E-state index is 11.8. The SMILES string of the molecule is Cc1nc(-c2ccc(NCC3(O)CCSC3)nc2)[nH]c(=O)c1C. The largest absolute Gasteiger partial charge is 0.387 e. The number of H-pyrrole nitrogens is 1. The summed E-state index contributed by atoms with van der Waals surface area (Å²) in [6, 6.07) is 3.69. The highest BCUT2D eigenvalue weighted by molar-refractivity contribution is 7.99. The number of aromatic amines is 1. The molecule has 23 heavy (non-hydrogen) atoms. The lowest BCUT2D eigenvalue weighted by atomic mass is 10.0. The molecule has 3 rings (SSSR count). The number of nitrogens with one attached hydrogen (secondary N) is 2. The molecule has 1 aliphatic rings. The molecule has 122 valence electrons. The molecule has 1 fully saturated rings. The summed E-state index contributed by atoms with van der Waals surface area (Å²) in [5.41, 5.74) is 1.32. The van der Waals surface area contributed by atoms with E-state index in [2.05, 4.69) is 20.3 Å². The Morgan fingerprint density at radius 2 is 2.26 bits per heavy atom. The number of aliphatic hydroxyl groups is 1. The van der Waals surface area contributed by atoms with Crippen molar-refractivity contribution in [1.29, 1.82) is 0 Å². The maximum atomic E-state index is 11.8. The smallest absolute Gasteiger partial charge is 0.254 e. The molecule has 1 atom stereocenters. The first-order valence-corrected chi connectivity index (χ1v) is 8.70. The van der Waals surface area contributed by atoms with Crippen LogP contribution in [0.25, 0.3) is 11.4 Å². The van der Waals surface area contributed by atoms with Gasteiger partial charge in [-0.3, -0.25) is 4.79 Å². The topological polar surface area (TPSA) is 90.9 Å². The van der Waals surface area contributed by atoms with Gasteiger partial charge in [0.15, 0.2) is 0 Å². The average Bonchev–Trinajstić information content (AvgIpc) is 2.98. The number of thioether (sulfide) groups is 1. The van der Waals surface area contributed by atoms with Gasteiger partial charge in [0.05, 0.1) is 5.60 Å². The van der Waals surface area contributed by atoms with Crippen LogP contribution >= 0.6 is 11.8 Å². The summed E-state index contributed by atoms with van der Waals surface area (Å²) in [4.78, 5) is 23.3. The third-order valence-corrected chi connectivity index (χ3v) is 5.35. The van der Waals surface area contributed by atoms with Crippen LogP contribution in [0.2, 0.25) is 0 Å². The summed E-state index contributed by atoms with van der Waals surface area (Å²) in [6.45, 7) is 4.06. The highest BCUT2D eigenvalue weighted by Gasteiger charge is 2.31. The average molecular weight is 332 g/mol. The summed E-state index contributed by atoms with van der Waals surface area (Å²) in [5, 5.41) is 13.5. The Balaban J connectivity index is 1.73. The van der Waals surface area contributed by atoms with E-state index < -0.39 is 5.60 Å². The van der Waals surface area contributed by atoms with Crippen LogP contribution in [-0.4, -0.2) is 43.7 Å². The van der Waals surface area contributed by atoms with Gasteiger partial charge in [-0.1, -0.05) is 0 Å². The monoisotopic (exact) mass is 332 g/mol. The minimum absolute atomic E-state index is 0.129. The van der Waals surface area contributed by atoms with Crippen molar-refractivity contribution >= 4 is 17.6 Å². The molecule has 1 unspecified atom stereocenters. The van der Waals surface area contributed by atoms with Gasteiger partial charge < -0.3 is 15.4 Å². The van der Waals surface area contributed by atoms with Crippen molar-refractivity contribution in [3.63, 3.8) is 0 Å². The van der Waals surface area contributed by atoms with Crippen molar-refractivity contribution < 1.29 is 5.11 Å². The van der Waals surface area contributed by atoms with E-state index in [-0.39, 0.29) is 5.56 Å². The van der Waals surface area contributed by atoms with Crippen LogP contribution in [0.15, 0.2) is 23.1 Å². The summed E-state index contributed by atoms with van der Waals surface area (Å²) in [5.74, 6) is 2.97. The van der Waals surface area contributed by atoms with Gasteiger partial charge in [0, 0.05) is 35.3 Å². The summed E-state index contributed by atoms with van der Waals surface area (Å²) in [6.07, 6.45) is 2.47. The molecule has 1 saturated heterocycles. The number of nitrogens with zero attached hydrogens (tertiary/aromatic N) is 2. The van der Waals surface area contributed by atoms with Crippen LogP contribution in [0.1, 0.15) is 17.7 Å². The fourth-order valence-corrected chi connectivity index (χ4v) is 3.71. The Kier molecular flexibility index (Phi) is 4.41. The van der Waals surface area contributed by atoms with E-state index in [0.717, 1.165) is 23.5 Å². The number of aromatic nitrogens is 3. The van der Waals surface area contributed by atoms with Crippen LogP contribution in [0.3, 0.4) is 0 Å². The zero-order valence-electron chi connectivity index (χ0n) is 13.2. The third-order valence-electron chi connectivity index (χ3n) is 4.11. The lowest BCUT2D eigenvalue weighted by Gasteiger charge is -2.21. The van der Waals surface area contributed by atoms with Crippen LogP contribution in [-0.2, 0) is 0 Å². The molecular formula is C16H20N4O2S. The predicted octanol–water partition coefficient (Wildman–Crippen LogP) is 1.73. The van der Waals surface area contributed by atoms with Gasteiger partial charge >= 0.3 is 0 Å². The molecular weight excluding hydrogens is 312 g/mol. The zero-order chi connectivity index (χ0) is 16.4. The Bertz CT molecular complexity index is 752. The Morgan fingerprint density at radius 1 is 1.43 bits per heavy atom. The second-order valence-corrected chi connectivity index (χ2v) is 7.04. The first kappa shape index (κ1) is 16.0. The molecule has 0 spiro atoms. The van der Waals surface area contributed by atoms with E-state index in [1.807, 2.05) is 19.1 Å². The number of rotatable bonds is 4. The number of pyridine rings is 1. The van der Waals surface area contributed by atoms with E-state index in [0.29, 0.717) is 29.4 Å². The molecule has 0 saturated carbocycles. The van der Waals surface area contributed by atoms with Gasteiger partial charge in [-0.05, 0) is 38.2 Å². The molecule has 3 heterocycles. The molecule has 0 aliphatic carbocycles. The number of aryl methyl sites for hydroxylation is 1. The van der Waals surface area contributed by atoms with Gasteiger partial charge in [0.1, 0.15) is 11.6 Å². The lowest BCUT2D eigenvalue weighted by molar-refractivity contribution is 0.0819. The predicted molar refractivity (Wildman–Crippen MR) is 92.9 cm³/mol. The van der Waals surface area contributed by atoms with Crippen LogP contribution < -0.4 is 10.9 Å². The van der Waals surface area contributed by atoms with Gasteiger partial charge in [0.25, 0.3) is 5.56 Å². The first-order valence-electron chi connectivity index (χ1n) is 7.55. The molecule has 0 amide bonds. The van der Waals surface area contributed by atoms with Crippen molar-refractivity contribution in [2.75, 3.05) is 23.4 Å². The van der Waals surface area contributed by atoms with Crippen molar-refractivity contribution in [2.45, 2.75) is 25.9 Å². The van der Waals surface area contributed by atoms with E-state index >= 15 is 0 Å². The first-order chi connectivity index (χ1) is 11.0. The highest BCUT2D eigenvalue weighted by atomic mass is 32.2. The molecule has 1 aliphatic heterocycles. The summed E-state index contributed by atoms with van der Waals surface area (Å²) < 4.78 is 0. The van der Waals surface area contributed by atoms with Crippen molar-refractivity contribution in [1.82, 2.24) is 15.0 Å². The van der Waals surface area contributed by atoms with Crippen molar-refractivity contribution in [3.05, 3.63) is 39.9 Å². The summed E-state index contributed by atoms with van der Waals surface area (Å²) >= 11 is 1.77. The number of hydrogen-bond acceptors (Lipinski definition) is 6. The second-order valence-electron chi connectivity index (χ2n) is 5.94. The molecule has 0 bridgehead atoms. The fraction of sp³-hybridized carbons (Fsp3) is 0.438. The summed E-state index contributed by atoms with van der Waals surface area (Å²) in [7, 11) is 0. The molecule has 7 heteroatoms. The number of hydrogen-bond donors (Lipinski definition) is 3. The van der Waals surface area contributed by atoms with Gasteiger partial charge in [-0.15, -0.1) is 0 Å². The Morgan fingerprint density at radius 3 is 2.87 bits per heavy atom. The van der Waals surface area contributed by atoms with Gasteiger partial charge in [0.2, 0.25) is 0 Å². The minimum atomic E-state index is -0.647. The zero-order valence-corrected chi connectivity index (χ0v) is 14.0. The minimum Gasteiger partial charge on any atom is -0.387 e. The standard InChI is InChI=1S/C16H20N4O2S/c1-10-11(2)19-14(20-15(10)21)12-3-4-13(17-7-12)18-8-16(22)5-6-23-9-16/h3-4,7,22H,5-6,8-9H2,1-2H3,(H,17,18)(H,19,20,21). The van der Waals surface area contributed by atoms with E-state index in [4.69, 9.17) is 0 Å². The maximum Gasteiger partial charge on any atom is 0.254 e. The molecule has 0 aromatic carbocycles. The van der Waals surface area contributed by atoms with E-state index in [1.165, 1.54) is 0 Å². The normalized spacial score (nSPS) is 20.7. The van der Waals surface area contributed by atoms with Crippen LogP contribution in [0.4, 0.5) is 5.82 Å². The van der Waals surface area contributed by atoms with Crippen molar-refractivity contribution in [3.8, 4) is 11.4 Å². The molecule has 0 radical (unpaired) electrons. The number of anilines is 1. The van der Waals surface area contributed by atoms with Crippen LogP contribution in [0, 0.1) is 13.8 Å². The van der Waals surface area contributed by atoms with E-state index in [9.17, 15) is 9.90 Å². The van der Waals surface area contributed by atoms with Crippen LogP contribution in [0.5, 0.6) is 0 Å². The fourth-order valence-electron chi connectivity index (χ4n) is 2.41. The Labute approximate surface area is 138 Å². The third kappa shape index (κ3) is 3.56. The highest BCUT2D eigenvalue weighted by Crippen LogP contribution is 2.28. The molecule has 6 nitrogen and oxygen atoms in total. The molecule has 3 N–H and O–H groups in total.